The zero-order valence-corrected chi connectivity index (χ0v) is 11.2. The monoisotopic (exact) mass is 275 g/mol. The minimum atomic E-state index is 0.277. The van der Waals surface area contributed by atoms with Crippen LogP contribution in [0.4, 0.5) is 0 Å². The van der Waals surface area contributed by atoms with Gasteiger partial charge in [0.25, 0.3) is 0 Å². The Bertz CT molecular complexity index is 559. The zero-order chi connectivity index (χ0) is 13.7. The summed E-state index contributed by atoms with van der Waals surface area (Å²) in [5, 5.41) is 11.3. The minimum Gasteiger partial charge on any atom is -0.497 e. The van der Waals surface area contributed by atoms with Crippen LogP contribution in [0, 0.1) is 5.41 Å². The summed E-state index contributed by atoms with van der Waals surface area (Å²) in [5.74, 6) is 0.834. The van der Waals surface area contributed by atoms with Crippen LogP contribution in [-0.2, 0) is 6.54 Å². The number of methoxy groups -OCH3 is 1. The first-order valence-corrected chi connectivity index (χ1v) is 6.13. The lowest BCUT2D eigenvalue weighted by atomic mass is 10.1. The summed E-state index contributed by atoms with van der Waals surface area (Å²) in [5.41, 5.74) is 2.07. The summed E-state index contributed by atoms with van der Waals surface area (Å²) in [4.78, 5) is 3.95. The SMILES string of the molecule is COc1ccc(CN/C=C2/C=NC=C(Cl)C2=N)cc1. The van der Waals surface area contributed by atoms with E-state index >= 15 is 0 Å². The van der Waals surface area contributed by atoms with E-state index in [0.29, 0.717) is 17.2 Å². The van der Waals surface area contributed by atoms with E-state index in [1.54, 1.807) is 19.5 Å². The average Bonchev–Trinajstić information content (AvgIpc) is 2.44. The van der Waals surface area contributed by atoms with Crippen molar-refractivity contribution >= 4 is 23.5 Å². The number of nitrogens with one attached hydrogen (secondary N) is 2. The molecule has 0 saturated carbocycles. The van der Waals surface area contributed by atoms with E-state index in [1.807, 2.05) is 24.3 Å². The molecule has 0 saturated heterocycles. The lowest BCUT2D eigenvalue weighted by Gasteiger charge is -2.08. The predicted octanol–water partition coefficient (Wildman–Crippen LogP) is 2.85. The van der Waals surface area contributed by atoms with Gasteiger partial charge in [-0.05, 0) is 17.7 Å². The Morgan fingerprint density at radius 1 is 1.37 bits per heavy atom. The lowest BCUT2D eigenvalue weighted by molar-refractivity contribution is 0.414. The molecule has 0 aliphatic carbocycles. The second kappa shape index (κ2) is 6.20. The Morgan fingerprint density at radius 2 is 2.11 bits per heavy atom. The number of halogens is 1. The molecule has 0 aromatic heterocycles. The number of hydrogen-bond acceptors (Lipinski definition) is 4. The number of rotatable bonds is 4. The van der Waals surface area contributed by atoms with Crippen molar-refractivity contribution < 1.29 is 4.74 Å². The third-order valence-electron chi connectivity index (χ3n) is 2.65. The molecule has 0 fully saturated rings. The third-order valence-corrected chi connectivity index (χ3v) is 2.94. The number of hydrogen-bond donors (Lipinski definition) is 2. The van der Waals surface area contributed by atoms with Crippen molar-refractivity contribution in [2.45, 2.75) is 6.54 Å². The Hall–Kier alpha value is -2.07. The van der Waals surface area contributed by atoms with Crippen LogP contribution in [0.5, 0.6) is 5.75 Å². The Balaban J connectivity index is 1.94. The summed E-state index contributed by atoms with van der Waals surface area (Å²) in [6, 6.07) is 7.79. The van der Waals surface area contributed by atoms with Crippen molar-refractivity contribution in [3.63, 3.8) is 0 Å². The van der Waals surface area contributed by atoms with E-state index in [4.69, 9.17) is 21.7 Å². The molecule has 0 spiro atoms. The maximum Gasteiger partial charge on any atom is 0.118 e. The summed E-state index contributed by atoms with van der Waals surface area (Å²) < 4.78 is 5.10. The number of nitrogens with zero attached hydrogens (tertiary/aromatic N) is 1. The van der Waals surface area contributed by atoms with Gasteiger partial charge in [0.15, 0.2) is 0 Å². The number of benzene rings is 1. The van der Waals surface area contributed by atoms with Gasteiger partial charge in [0.05, 0.1) is 17.9 Å². The molecule has 1 aromatic rings. The molecule has 1 aliphatic rings. The minimum absolute atomic E-state index is 0.277. The van der Waals surface area contributed by atoms with Gasteiger partial charge in [-0.2, -0.15) is 0 Å². The molecule has 4 nitrogen and oxygen atoms in total. The van der Waals surface area contributed by atoms with Crippen LogP contribution in [0.25, 0.3) is 0 Å². The summed E-state index contributed by atoms with van der Waals surface area (Å²) in [7, 11) is 1.64. The third kappa shape index (κ3) is 3.45. The van der Waals surface area contributed by atoms with Gasteiger partial charge < -0.3 is 10.1 Å². The van der Waals surface area contributed by atoms with Gasteiger partial charge in [0.2, 0.25) is 0 Å². The highest BCUT2D eigenvalue weighted by Gasteiger charge is 2.10. The topological polar surface area (TPSA) is 57.5 Å². The number of ether oxygens (including phenoxy) is 1. The highest BCUT2D eigenvalue weighted by molar-refractivity contribution is 6.48. The fourth-order valence-electron chi connectivity index (χ4n) is 1.58. The van der Waals surface area contributed by atoms with Crippen LogP contribution < -0.4 is 10.1 Å². The molecule has 2 rings (SSSR count). The van der Waals surface area contributed by atoms with Crippen molar-refractivity contribution in [1.82, 2.24) is 5.32 Å². The van der Waals surface area contributed by atoms with Crippen LogP contribution in [0.2, 0.25) is 0 Å². The molecular weight excluding hydrogens is 262 g/mol. The van der Waals surface area contributed by atoms with Crippen LogP contribution >= 0.6 is 11.6 Å². The summed E-state index contributed by atoms with van der Waals surface area (Å²) in [6.07, 6.45) is 4.81. The second-order valence-corrected chi connectivity index (χ2v) is 4.37. The van der Waals surface area contributed by atoms with Gasteiger partial charge in [-0.15, -0.1) is 0 Å². The van der Waals surface area contributed by atoms with Gasteiger partial charge in [-0.1, -0.05) is 23.7 Å². The van der Waals surface area contributed by atoms with E-state index in [-0.39, 0.29) is 5.71 Å². The van der Waals surface area contributed by atoms with Gasteiger partial charge in [-0.3, -0.25) is 10.4 Å². The largest absolute Gasteiger partial charge is 0.497 e. The van der Waals surface area contributed by atoms with Crippen LogP contribution in [0.15, 0.2) is 52.3 Å². The molecule has 0 amide bonds. The lowest BCUT2D eigenvalue weighted by Crippen LogP contribution is -2.12. The quantitative estimate of drug-likeness (QED) is 0.888. The first-order valence-electron chi connectivity index (χ1n) is 5.75. The first-order chi connectivity index (χ1) is 9.20. The first kappa shape index (κ1) is 13.4. The number of allylic oxidation sites excluding steroid dienone is 2. The van der Waals surface area contributed by atoms with Crippen molar-refractivity contribution in [3.05, 3.63) is 52.8 Å². The molecule has 1 heterocycles. The highest BCUT2D eigenvalue weighted by atomic mass is 35.5. The van der Waals surface area contributed by atoms with Crippen molar-refractivity contribution in [1.29, 1.82) is 5.41 Å². The normalized spacial score (nSPS) is 16.4. The van der Waals surface area contributed by atoms with Crippen LogP contribution in [-0.4, -0.2) is 19.0 Å². The number of aliphatic imine (C=N–C) groups is 1. The van der Waals surface area contributed by atoms with Gasteiger partial charge in [-0.25, -0.2) is 0 Å². The summed E-state index contributed by atoms with van der Waals surface area (Å²) in [6.45, 7) is 0.663. The highest BCUT2D eigenvalue weighted by Crippen LogP contribution is 2.14. The molecule has 19 heavy (non-hydrogen) atoms. The van der Waals surface area contributed by atoms with Gasteiger partial charge in [0, 0.05) is 30.7 Å². The molecule has 2 N–H and O–H groups in total. The van der Waals surface area contributed by atoms with E-state index in [1.165, 1.54) is 6.20 Å². The van der Waals surface area contributed by atoms with E-state index in [0.717, 1.165) is 11.3 Å². The molecule has 1 aromatic carbocycles. The molecule has 0 radical (unpaired) electrons. The second-order valence-electron chi connectivity index (χ2n) is 3.96. The molecule has 0 bridgehead atoms. The maximum atomic E-state index is 7.77. The van der Waals surface area contributed by atoms with Gasteiger partial charge >= 0.3 is 0 Å². The van der Waals surface area contributed by atoms with E-state index in [9.17, 15) is 0 Å². The summed E-state index contributed by atoms with van der Waals surface area (Å²) >= 11 is 5.83. The average molecular weight is 276 g/mol. The molecule has 5 heteroatoms. The molecule has 98 valence electrons. The van der Waals surface area contributed by atoms with Crippen molar-refractivity contribution in [2.24, 2.45) is 4.99 Å². The smallest absolute Gasteiger partial charge is 0.118 e. The van der Waals surface area contributed by atoms with Crippen LogP contribution in [0.1, 0.15) is 5.56 Å². The standard InChI is InChI=1S/C14H14ClN3O/c1-19-12-4-2-10(3-5-12)6-17-7-11-8-18-9-13(15)14(11)16/h2-5,7-9,16-17H,6H2,1H3/b11-7-,16-14?. The molecule has 1 aliphatic heterocycles. The maximum absolute atomic E-state index is 7.77. The zero-order valence-electron chi connectivity index (χ0n) is 10.5. The molecule has 0 unspecified atom stereocenters. The van der Waals surface area contributed by atoms with Crippen LogP contribution in [0.3, 0.4) is 0 Å². The van der Waals surface area contributed by atoms with Gasteiger partial charge in [0.1, 0.15) is 5.75 Å². The van der Waals surface area contributed by atoms with Crippen molar-refractivity contribution in [2.75, 3.05) is 7.11 Å². The van der Waals surface area contributed by atoms with E-state index in [2.05, 4.69) is 10.3 Å². The van der Waals surface area contributed by atoms with E-state index < -0.39 is 0 Å². The Labute approximate surface area is 117 Å². The Morgan fingerprint density at radius 3 is 2.79 bits per heavy atom. The fraction of sp³-hybridized carbons (Fsp3) is 0.143. The van der Waals surface area contributed by atoms with Crippen molar-refractivity contribution in [3.8, 4) is 5.75 Å². The Kier molecular flexibility index (Phi) is 4.36. The molecule has 0 atom stereocenters. The fourth-order valence-corrected chi connectivity index (χ4v) is 1.75. The predicted molar refractivity (Wildman–Crippen MR) is 78.1 cm³/mol. The molecular formula is C14H14ClN3O.